The molecule has 2 aromatic heterocycles. The molecule has 2 saturated heterocycles. The summed E-state index contributed by atoms with van der Waals surface area (Å²) in [6, 6.07) is -0.522. The lowest BCUT2D eigenvalue weighted by Crippen LogP contribution is -2.42. The molecule has 2 atom stereocenters. The third kappa shape index (κ3) is 4.79. The molecule has 188 valence electrons. The van der Waals surface area contributed by atoms with Crippen molar-refractivity contribution in [1.29, 1.82) is 0 Å². The Hall–Kier alpha value is -3.28. The molecule has 35 heavy (non-hydrogen) atoms. The first-order valence-electron chi connectivity index (χ1n) is 11.9. The van der Waals surface area contributed by atoms with Gasteiger partial charge in [-0.2, -0.15) is 4.98 Å². The summed E-state index contributed by atoms with van der Waals surface area (Å²) in [4.78, 5) is 36.1. The van der Waals surface area contributed by atoms with Gasteiger partial charge in [0.1, 0.15) is 17.6 Å². The normalized spacial score (nSPS) is 22.5. The summed E-state index contributed by atoms with van der Waals surface area (Å²) >= 11 is 0. The molecule has 0 bridgehead atoms. The van der Waals surface area contributed by atoms with E-state index in [0.29, 0.717) is 51.0 Å². The van der Waals surface area contributed by atoms with Crippen LogP contribution in [0.25, 0.3) is 11.3 Å². The van der Waals surface area contributed by atoms with Crippen LogP contribution in [0.15, 0.2) is 12.4 Å². The molecular formula is C23H31FN8O3. The van der Waals surface area contributed by atoms with E-state index in [4.69, 9.17) is 25.2 Å². The molecule has 2 N–H and O–H groups in total. The molecule has 0 radical (unpaired) electrons. The molecule has 3 aliphatic rings. The Morgan fingerprint density at radius 2 is 1.86 bits per heavy atom. The number of ether oxygens (including phenoxy) is 2. The summed E-state index contributed by atoms with van der Waals surface area (Å²) in [5.74, 6) is 1.43. The van der Waals surface area contributed by atoms with Gasteiger partial charge < -0.3 is 29.9 Å². The summed E-state index contributed by atoms with van der Waals surface area (Å²) in [6.45, 7) is 8.70. The molecule has 0 unspecified atom stereocenters. The highest BCUT2D eigenvalue weighted by Crippen LogP contribution is 2.38. The maximum atomic E-state index is 15.3. The number of halogens is 1. The highest BCUT2D eigenvalue weighted by atomic mass is 19.1. The van der Waals surface area contributed by atoms with Crippen molar-refractivity contribution in [2.75, 3.05) is 61.5 Å². The monoisotopic (exact) mass is 486 g/mol. The number of carbonyl (C=O) groups excluding carboxylic acids is 1. The molecule has 2 fully saturated rings. The van der Waals surface area contributed by atoms with Crippen molar-refractivity contribution in [1.82, 2.24) is 24.8 Å². The standard InChI is InChI=1S/C23H31FN8O3/c1-23(2,3)35-22(33)31-12-16(24)17(13-31)32-5-4-15-18(14-10-26-20(25)27-11-14)28-21(29-19(15)32)30-6-8-34-9-7-30/h10-11,16-17H,4-9,12-13H2,1-3H3,(H2,25,26,27)/t16-,17-/m1/s1. The third-order valence-corrected chi connectivity index (χ3v) is 6.36. The van der Waals surface area contributed by atoms with Gasteiger partial charge in [0.25, 0.3) is 0 Å². The summed E-state index contributed by atoms with van der Waals surface area (Å²) in [5.41, 5.74) is 7.41. The zero-order valence-corrected chi connectivity index (χ0v) is 20.3. The smallest absolute Gasteiger partial charge is 0.410 e. The minimum atomic E-state index is -1.22. The number of nitrogens with zero attached hydrogens (tertiary/aromatic N) is 7. The van der Waals surface area contributed by atoms with Crippen LogP contribution < -0.4 is 15.5 Å². The topological polar surface area (TPSA) is 123 Å². The fourth-order valence-corrected chi connectivity index (χ4v) is 4.71. The lowest BCUT2D eigenvalue weighted by molar-refractivity contribution is 0.0283. The Bertz CT molecular complexity index is 1090. The summed E-state index contributed by atoms with van der Waals surface area (Å²) in [6.07, 6.45) is 2.22. The summed E-state index contributed by atoms with van der Waals surface area (Å²) in [5, 5.41) is 0. The van der Waals surface area contributed by atoms with Crippen molar-refractivity contribution < 1.29 is 18.7 Å². The Balaban J connectivity index is 1.48. The van der Waals surface area contributed by atoms with Crippen LogP contribution in [0.2, 0.25) is 0 Å². The van der Waals surface area contributed by atoms with E-state index in [1.165, 1.54) is 4.90 Å². The number of alkyl halides is 1. The van der Waals surface area contributed by atoms with Gasteiger partial charge in [0.2, 0.25) is 11.9 Å². The Kier molecular flexibility index (Phi) is 6.07. The second-order valence-electron chi connectivity index (χ2n) is 10.0. The van der Waals surface area contributed by atoms with Gasteiger partial charge in [0.15, 0.2) is 0 Å². The van der Waals surface area contributed by atoms with Crippen LogP contribution in [0.3, 0.4) is 0 Å². The zero-order valence-electron chi connectivity index (χ0n) is 20.3. The number of nitrogens with two attached hydrogens (primary N) is 1. The number of rotatable bonds is 3. The fourth-order valence-electron chi connectivity index (χ4n) is 4.71. The quantitative estimate of drug-likeness (QED) is 0.685. The predicted molar refractivity (Wildman–Crippen MR) is 128 cm³/mol. The van der Waals surface area contributed by atoms with E-state index in [9.17, 15) is 4.79 Å². The second-order valence-corrected chi connectivity index (χ2v) is 10.0. The number of anilines is 3. The molecule has 12 heteroatoms. The number of fused-ring (bicyclic) bond motifs is 1. The Labute approximate surface area is 203 Å². The van der Waals surface area contributed by atoms with Crippen LogP contribution in [0.4, 0.5) is 26.9 Å². The van der Waals surface area contributed by atoms with Crippen molar-refractivity contribution in [3.8, 4) is 11.3 Å². The van der Waals surface area contributed by atoms with Crippen molar-refractivity contribution in [2.45, 2.75) is 45.0 Å². The molecular weight excluding hydrogens is 455 g/mol. The number of carbonyl (C=O) groups is 1. The number of morpholine rings is 1. The van der Waals surface area contributed by atoms with E-state index in [1.54, 1.807) is 33.2 Å². The van der Waals surface area contributed by atoms with Gasteiger partial charge in [-0.1, -0.05) is 0 Å². The van der Waals surface area contributed by atoms with Crippen LogP contribution in [0, 0.1) is 0 Å². The first-order chi connectivity index (χ1) is 16.7. The number of aromatic nitrogens is 4. The lowest BCUT2D eigenvalue weighted by atomic mass is 10.1. The SMILES string of the molecule is CC(C)(C)OC(=O)N1C[C@@H](F)[C@H](N2CCc3c(-c4cnc(N)nc4)nc(N4CCOCC4)nc32)C1. The number of likely N-dealkylation sites (tertiary alicyclic amines) is 1. The lowest BCUT2D eigenvalue weighted by Gasteiger charge is -2.30. The fraction of sp³-hybridized carbons (Fsp3) is 0.609. The first-order valence-corrected chi connectivity index (χ1v) is 11.9. The van der Waals surface area contributed by atoms with Crippen LogP contribution in [-0.2, 0) is 15.9 Å². The highest BCUT2D eigenvalue weighted by molar-refractivity contribution is 5.73. The average molecular weight is 487 g/mol. The molecule has 0 aliphatic carbocycles. The third-order valence-electron chi connectivity index (χ3n) is 6.36. The van der Waals surface area contributed by atoms with Gasteiger partial charge >= 0.3 is 6.09 Å². The van der Waals surface area contributed by atoms with Gasteiger partial charge in [-0.25, -0.2) is 24.1 Å². The van der Waals surface area contributed by atoms with E-state index in [1.807, 2.05) is 4.90 Å². The Morgan fingerprint density at radius 1 is 1.14 bits per heavy atom. The number of amides is 1. The highest BCUT2D eigenvalue weighted by Gasteiger charge is 2.43. The van der Waals surface area contributed by atoms with Crippen LogP contribution >= 0.6 is 0 Å². The molecule has 5 rings (SSSR count). The number of hydrogen-bond acceptors (Lipinski definition) is 10. The molecule has 3 aliphatic heterocycles. The van der Waals surface area contributed by atoms with Crippen LogP contribution in [0.5, 0.6) is 0 Å². The van der Waals surface area contributed by atoms with Gasteiger partial charge in [0, 0.05) is 49.7 Å². The second kappa shape index (κ2) is 9.06. The van der Waals surface area contributed by atoms with Gasteiger partial charge in [-0.15, -0.1) is 0 Å². The maximum Gasteiger partial charge on any atom is 0.410 e. The maximum absolute atomic E-state index is 15.3. The van der Waals surface area contributed by atoms with E-state index in [0.717, 1.165) is 16.8 Å². The summed E-state index contributed by atoms with van der Waals surface area (Å²) in [7, 11) is 0. The van der Waals surface area contributed by atoms with Gasteiger partial charge in [-0.3, -0.25) is 0 Å². The van der Waals surface area contributed by atoms with Gasteiger partial charge in [-0.05, 0) is 27.2 Å². The van der Waals surface area contributed by atoms with Crippen molar-refractivity contribution >= 4 is 23.8 Å². The molecule has 5 heterocycles. The minimum Gasteiger partial charge on any atom is -0.444 e. The van der Waals surface area contributed by atoms with Gasteiger partial charge in [0.05, 0.1) is 31.5 Å². The molecule has 11 nitrogen and oxygen atoms in total. The number of nitrogen functional groups attached to an aromatic ring is 1. The molecule has 0 saturated carbocycles. The molecule has 0 spiro atoms. The molecule has 1 amide bonds. The van der Waals surface area contributed by atoms with Crippen LogP contribution in [-0.4, -0.2) is 94.7 Å². The largest absolute Gasteiger partial charge is 0.444 e. The van der Waals surface area contributed by atoms with Crippen molar-refractivity contribution in [3.05, 3.63) is 18.0 Å². The zero-order chi connectivity index (χ0) is 24.7. The van der Waals surface area contributed by atoms with Crippen molar-refractivity contribution in [3.63, 3.8) is 0 Å². The first kappa shape index (κ1) is 23.5. The molecule has 2 aromatic rings. The summed E-state index contributed by atoms with van der Waals surface area (Å²) < 4.78 is 26.3. The van der Waals surface area contributed by atoms with Crippen LogP contribution in [0.1, 0.15) is 26.3 Å². The van der Waals surface area contributed by atoms with E-state index in [2.05, 4.69) is 14.9 Å². The van der Waals surface area contributed by atoms with E-state index in [-0.39, 0.29) is 19.0 Å². The predicted octanol–water partition coefficient (Wildman–Crippen LogP) is 1.67. The molecule has 0 aromatic carbocycles. The Morgan fingerprint density at radius 3 is 2.54 bits per heavy atom. The van der Waals surface area contributed by atoms with E-state index < -0.39 is 23.9 Å². The number of hydrogen-bond donors (Lipinski definition) is 1. The van der Waals surface area contributed by atoms with Crippen molar-refractivity contribution in [2.24, 2.45) is 0 Å². The van der Waals surface area contributed by atoms with E-state index >= 15 is 4.39 Å². The average Bonchev–Trinajstić information content (AvgIpc) is 3.42. The minimum absolute atomic E-state index is 0.00846.